The molecule has 1 aromatic rings. The van der Waals surface area contributed by atoms with Gasteiger partial charge in [-0.05, 0) is 42.9 Å². The Hall–Kier alpha value is -2.04. The van der Waals surface area contributed by atoms with Crippen molar-refractivity contribution in [1.29, 1.82) is 0 Å². The van der Waals surface area contributed by atoms with Gasteiger partial charge in [-0.3, -0.25) is 9.59 Å². The Morgan fingerprint density at radius 3 is 2.38 bits per heavy atom. The van der Waals surface area contributed by atoms with E-state index in [2.05, 4.69) is 26.1 Å². The fraction of sp³-hybridized carbons (Fsp3) is 0.579. The van der Waals surface area contributed by atoms with E-state index in [1.165, 1.54) is 5.56 Å². The quantitative estimate of drug-likeness (QED) is 0.779. The van der Waals surface area contributed by atoms with Crippen molar-refractivity contribution < 1.29 is 19.1 Å². The molecule has 24 heavy (non-hydrogen) atoms. The van der Waals surface area contributed by atoms with Gasteiger partial charge in [0.1, 0.15) is 5.75 Å². The van der Waals surface area contributed by atoms with Crippen LogP contribution in [-0.2, 0) is 19.7 Å². The molecule has 0 radical (unpaired) electrons. The second-order valence-corrected chi connectivity index (χ2v) is 7.29. The highest BCUT2D eigenvalue weighted by Crippen LogP contribution is 2.24. The van der Waals surface area contributed by atoms with E-state index in [4.69, 9.17) is 9.47 Å². The lowest BCUT2D eigenvalue weighted by atomic mass is 9.87. The van der Waals surface area contributed by atoms with Crippen molar-refractivity contribution in [3.8, 4) is 5.75 Å². The van der Waals surface area contributed by atoms with E-state index < -0.39 is 12.1 Å². The zero-order valence-corrected chi connectivity index (χ0v) is 14.9. The molecule has 2 rings (SSSR count). The predicted octanol–water partition coefficient (Wildman–Crippen LogP) is 2.96. The lowest BCUT2D eigenvalue weighted by Gasteiger charge is -2.19. The van der Waals surface area contributed by atoms with Gasteiger partial charge >= 0.3 is 5.97 Å². The van der Waals surface area contributed by atoms with Crippen LogP contribution < -0.4 is 10.1 Å². The van der Waals surface area contributed by atoms with Crippen molar-refractivity contribution in [2.24, 2.45) is 0 Å². The third kappa shape index (κ3) is 5.87. The molecule has 0 bridgehead atoms. The Labute approximate surface area is 143 Å². The summed E-state index contributed by atoms with van der Waals surface area (Å²) in [6.45, 7) is 8.27. The molecule has 1 aliphatic rings. The number of amides is 1. The van der Waals surface area contributed by atoms with E-state index in [0.29, 0.717) is 0 Å². The van der Waals surface area contributed by atoms with E-state index >= 15 is 0 Å². The van der Waals surface area contributed by atoms with Crippen LogP contribution in [0.3, 0.4) is 0 Å². The van der Waals surface area contributed by atoms with Gasteiger partial charge in [0.2, 0.25) is 0 Å². The minimum atomic E-state index is -0.760. The van der Waals surface area contributed by atoms with Crippen LogP contribution in [0, 0.1) is 0 Å². The molecule has 1 atom stereocenters. The summed E-state index contributed by atoms with van der Waals surface area (Å²) in [7, 11) is 0. The van der Waals surface area contributed by atoms with Gasteiger partial charge in [-0.1, -0.05) is 32.9 Å². The predicted molar refractivity (Wildman–Crippen MR) is 92.0 cm³/mol. The van der Waals surface area contributed by atoms with Gasteiger partial charge in [0.25, 0.3) is 5.91 Å². The van der Waals surface area contributed by atoms with Crippen LogP contribution in [0.2, 0.25) is 0 Å². The fourth-order valence-corrected chi connectivity index (χ4v) is 2.16. The summed E-state index contributed by atoms with van der Waals surface area (Å²) >= 11 is 0. The number of carbonyl (C=O) groups is 2. The molecule has 0 aromatic heterocycles. The number of nitrogens with one attached hydrogen (secondary N) is 1. The fourth-order valence-electron chi connectivity index (χ4n) is 2.16. The van der Waals surface area contributed by atoms with Gasteiger partial charge in [-0.15, -0.1) is 0 Å². The van der Waals surface area contributed by atoms with Crippen molar-refractivity contribution in [2.75, 3.05) is 6.61 Å². The van der Waals surface area contributed by atoms with Crippen LogP contribution >= 0.6 is 0 Å². The summed E-state index contributed by atoms with van der Waals surface area (Å²) in [6.07, 6.45) is 1.37. The molecule has 0 aliphatic heterocycles. The first-order chi connectivity index (χ1) is 11.3. The zero-order valence-electron chi connectivity index (χ0n) is 14.9. The molecule has 1 amide bonds. The van der Waals surface area contributed by atoms with Gasteiger partial charge in [0, 0.05) is 6.04 Å². The SMILES string of the molecule is C[C@@H](OC(=O)CCOc1ccc(C(C)(C)C)cc1)C(=O)NC1CC1. The molecule has 1 aromatic carbocycles. The maximum Gasteiger partial charge on any atom is 0.310 e. The summed E-state index contributed by atoms with van der Waals surface area (Å²) < 4.78 is 10.7. The van der Waals surface area contributed by atoms with Gasteiger partial charge in [0.05, 0.1) is 13.0 Å². The topological polar surface area (TPSA) is 64.6 Å². The van der Waals surface area contributed by atoms with Crippen LogP contribution in [0.4, 0.5) is 0 Å². The number of rotatable bonds is 7. The largest absolute Gasteiger partial charge is 0.493 e. The van der Waals surface area contributed by atoms with Crippen LogP contribution in [0.15, 0.2) is 24.3 Å². The standard InChI is InChI=1S/C19H27NO4/c1-13(18(22)20-15-7-8-15)24-17(21)11-12-23-16-9-5-14(6-10-16)19(2,3)4/h5-6,9-10,13,15H,7-8,11-12H2,1-4H3,(H,20,22)/t13-/m1/s1. The normalized spacial score (nSPS) is 15.5. The van der Waals surface area contributed by atoms with Crippen molar-refractivity contribution in [3.05, 3.63) is 29.8 Å². The Bertz CT molecular complexity index is 570. The first kappa shape index (κ1) is 18.3. The summed E-state index contributed by atoms with van der Waals surface area (Å²) in [5.41, 5.74) is 1.32. The molecule has 1 fully saturated rings. The van der Waals surface area contributed by atoms with Gasteiger partial charge in [0.15, 0.2) is 6.10 Å². The average Bonchev–Trinajstić information content (AvgIpc) is 3.30. The summed E-state index contributed by atoms with van der Waals surface area (Å²) in [5, 5.41) is 2.81. The third-order valence-electron chi connectivity index (χ3n) is 3.90. The maximum atomic E-state index is 11.8. The Kier molecular flexibility index (Phi) is 5.86. The van der Waals surface area contributed by atoms with Gasteiger partial charge in [-0.25, -0.2) is 0 Å². The van der Waals surface area contributed by atoms with Crippen molar-refractivity contribution >= 4 is 11.9 Å². The van der Waals surface area contributed by atoms with Gasteiger partial charge < -0.3 is 14.8 Å². The molecule has 0 spiro atoms. The van der Waals surface area contributed by atoms with E-state index in [1.54, 1.807) is 6.92 Å². The van der Waals surface area contributed by atoms with Crippen LogP contribution in [-0.4, -0.2) is 30.6 Å². The lowest BCUT2D eigenvalue weighted by Crippen LogP contribution is -2.37. The van der Waals surface area contributed by atoms with E-state index in [0.717, 1.165) is 18.6 Å². The Morgan fingerprint density at radius 1 is 1.21 bits per heavy atom. The molecule has 132 valence electrons. The second-order valence-electron chi connectivity index (χ2n) is 7.29. The molecule has 1 N–H and O–H groups in total. The van der Waals surface area contributed by atoms with Crippen molar-refractivity contribution in [2.45, 2.75) is 64.5 Å². The first-order valence-electron chi connectivity index (χ1n) is 8.49. The molecule has 0 heterocycles. The zero-order chi connectivity index (χ0) is 17.7. The number of hydrogen-bond donors (Lipinski definition) is 1. The highest BCUT2D eigenvalue weighted by atomic mass is 16.5. The summed E-state index contributed by atoms with van der Waals surface area (Å²) in [6, 6.07) is 8.11. The number of carbonyl (C=O) groups excluding carboxylic acids is 2. The van der Waals surface area contributed by atoms with E-state index in [1.807, 2.05) is 24.3 Å². The van der Waals surface area contributed by atoms with E-state index in [-0.39, 0.29) is 30.4 Å². The number of esters is 1. The highest BCUT2D eigenvalue weighted by Gasteiger charge is 2.27. The minimum Gasteiger partial charge on any atom is -0.493 e. The monoisotopic (exact) mass is 333 g/mol. The lowest BCUT2D eigenvalue weighted by molar-refractivity contribution is -0.155. The number of ether oxygens (including phenoxy) is 2. The highest BCUT2D eigenvalue weighted by molar-refractivity contribution is 5.83. The molecule has 1 saturated carbocycles. The van der Waals surface area contributed by atoms with Crippen molar-refractivity contribution in [3.63, 3.8) is 0 Å². The molecule has 0 unspecified atom stereocenters. The van der Waals surface area contributed by atoms with Crippen LogP contribution in [0.1, 0.15) is 52.5 Å². The smallest absolute Gasteiger partial charge is 0.310 e. The molecule has 1 aliphatic carbocycles. The molecular weight excluding hydrogens is 306 g/mol. The van der Waals surface area contributed by atoms with Crippen LogP contribution in [0.25, 0.3) is 0 Å². The Balaban J connectivity index is 1.69. The summed E-state index contributed by atoms with van der Waals surface area (Å²) in [4.78, 5) is 23.5. The maximum absolute atomic E-state index is 11.8. The molecule has 0 saturated heterocycles. The van der Waals surface area contributed by atoms with Gasteiger partial charge in [-0.2, -0.15) is 0 Å². The minimum absolute atomic E-state index is 0.0967. The number of benzene rings is 1. The second kappa shape index (κ2) is 7.69. The van der Waals surface area contributed by atoms with Crippen LogP contribution in [0.5, 0.6) is 5.75 Å². The molecule has 5 heteroatoms. The average molecular weight is 333 g/mol. The first-order valence-corrected chi connectivity index (χ1v) is 8.49. The number of hydrogen-bond acceptors (Lipinski definition) is 4. The Morgan fingerprint density at radius 2 is 1.83 bits per heavy atom. The van der Waals surface area contributed by atoms with E-state index in [9.17, 15) is 9.59 Å². The third-order valence-corrected chi connectivity index (χ3v) is 3.90. The molecular formula is C19H27NO4. The summed E-state index contributed by atoms with van der Waals surface area (Å²) in [5.74, 6) is 0.0552. The van der Waals surface area contributed by atoms with Crippen molar-refractivity contribution in [1.82, 2.24) is 5.32 Å². The molecule has 5 nitrogen and oxygen atoms in total.